The third kappa shape index (κ3) is 2.98. The largest absolute Gasteiger partial charge is 0.337 e. The third-order valence-electron chi connectivity index (χ3n) is 3.78. The number of aryl methyl sites for hydroxylation is 2. The zero-order valence-electron chi connectivity index (χ0n) is 12.2. The first-order valence-electron chi connectivity index (χ1n) is 7.22. The highest BCUT2D eigenvalue weighted by Gasteiger charge is 2.29. The Morgan fingerprint density at radius 2 is 2.38 bits per heavy atom. The van der Waals surface area contributed by atoms with Crippen molar-refractivity contribution >= 4 is 28.8 Å². The van der Waals surface area contributed by atoms with Crippen LogP contribution < -0.4 is 0 Å². The van der Waals surface area contributed by atoms with Crippen LogP contribution in [0.1, 0.15) is 50.9 Å². The minimum Gasteiger partial charge on any atom is -0.337 e. The van der Waals surface area contributed by atoms with E-state index in [1.54, 1.807) is 11.3 Å². The molecular weight excluding hydrogens is 304 g/mol. The lowest BCUT2D eigenvalue weighted by Crippen LogP contribution is -2.39. The molecule has 2 aromatic heterocycles. The molecule has 0 N–H and O–H groups in total. The highest BCUT2D eigenvalue weighted by molar-refractivity contribution is 7.11. The van der Waals surface area contributed by atoms with Crippen molar-refractivity contribution in [3.63, 3.8) is 0 Å². The van der Waals surface area contributed by atoms with Crippen molar-refractivity contribution in [2.24, 2.45) is 0 Å². The highest BCUT2D eigenvalue weighted by atomic mass is 32.1. The molecule has 112 valence electrons. The van der Waals surface area contributed by atoms with E-state index >= 15 is 0 Å². The fourth-order valence-electron chi connectivity index (χ4n) is 2.67. The Bertz CT molecular complexity index is 636. The predicted octanol–water partition coefficient (Wildman–Crippen LogP) is 2.89. The molecular formula is C14H18N4OS2. The normalized spacial score (nSPS) is 19.0. The molecule has 0 saturated carbocycles. The number of rotatable bonds is 3. The van der Waals surface area contributed by atoms with Gasteiger partial charge in [0.05, 0.1) is 10.7 Å². The van der Waals surface area contributed by atoms with Gasteiger partial charge in [-0.05, 0) is 37.7 Å². The summed E-state index contributed by atoms with van der Waals surface area (Å²) >= 11 is 2.95. The van der Waals surface area contributed by atoms with Gasteiger partial charge in [0.15, 0.2) is 0 Å². The molecule has 0 aromatic carbocycles. The maximum absolute atomic E-state index is 12.7. The van der Waals surface area contributed by atoms with Crippen molar-refractivity contribution < 1.29 is 4.79 Å². The van der Waals surface area contributed by atoms with Gasteiger partial charge in [-0.3, -0.25) is 4.79 Å². The summed E-state index contributed by atoms with van der Waals surface area (Å²) in [6.45, 7) is 5.65. The lowest BCUT2D eigenvalue weighted by molar-refractivity contribution is 0.0710. The number of hydrogen-bond acceptors (Lipinski definition) is 6. The molecule has 1 aliphatic heterocycles. The van der Waals surface area contributed by atoms with Crippen LogP contribution in [0, 0.1) is 6.92 Å². The fraction of sp³-hybridized carbons (Fsp3) is 0.571. The number of amides is 1. The molecule has 3 rings (SSSR count). The van der Waals surface area contributed by atoms with E-state index < -0.39 is 0 Å². The molecule has 7 heteroatoms. The Hall–Kier alpha value is -1.34. The molecule has 21 heavy (non-hydrogen) atoms. The van der Waals surface area contributed by atoms with Crippen LogP contribution in [-0.4, -0.2) is 38.5 Å². The summed E-state index contributed by atoms with van der Waals surface area (Å²) < 4.78 is 3.92. The second-order valence-electron chi connectivity index (χ2n) is 5.30. The van der Waals surface area contributed by atoms with Crippen LogP contribution in [0.25, 0.3) is 0 Å². The number of aromatic nitrogens is 3. The van der Waals surface area contributed by atoms with Gasteiger partial charge in [0.25, 0.3) is 5.91 Å². The van der Waals surface area contributed by atoms with Gasteiger partial charge in [0, 0.05) is 30.1 Å². The van der Waals surface area contributed by atoms with E-state index in [9.17, 15) is 4.79 Å². The van der Waals surface area contributed by atoms with Crippen molar-refractivity contribution in [3.05, 3.63) is 26.7 Å². The molecule has 1 amide bonds. The monoisotopic (exact) mass is 322 g/mol. The van der Waals surface area contributed by atoms with Crippen molar-refractivity contribution in [3.8, 4) is 0 Å². The van der Waals surface area contributed by atoms with Crippen molar-refractivity contribution in [1.29, 1.82) is 0 Å². The molecule has 1 saturated heterocycles. The van der Waals surface area contributed by atoms with E-state index in [0.29, 0.717) is 10.8 Å². The van der Waals surface area contributed by atoms with Gasteiger partial charge >= 0.3 is 0 Å². The van der Waals surface area contributed by atoms with Crippen LogP contribution in [0.15, 0.2) is 6.20 Å². The Kier molecular flexibility index (Phi) is 4.30. The lowest BCUT2D eigenvalue weighted by Gasteiger charge is -2.31. The van der Waals surface area contributed by atoms with Crippen LogP contribution in [0.3, 0.4) is 0 Å². The summed E-state index contributed by atoms with van der Waals surface area (Å²) in [4.78, 5) is 21.0. The maximum Gasteiger partial charge on any atom is 0.267 e. The fourth-order valence-corrected chi connectivity index (χ4v) is 4.29. The quantitative estimate of drug-likeness (QED) is 0.872. The first-order chi connectivity index (χ1) is 10.2. The molecule has 0 spiro atoms. The number of hydrogen-bond donors (Lipinski definition) is 0. The average Bonchev–Trinajstić information content (AvgIpc) is 3.15. The van der Waals surface area contributed by atoms with Gasteiger partial charge in [-0.15, -0.1) is 16.4 Å². The minimum atomic E-state index is 0.0832. The molecule has 5 nitrogen and oxygen atoms in total. The predicted molar refractivity (Wildman–Crippen MR) is 84.0 cm³/mol. The van der Waals surface area contributed by atoms with Gasteiger partial charge < -0.3 is 4.90 Å². The van der Waals surface area contributed by atoms with Crippen LogP contribution in [0.4, 0.5) is 0 Å². The molecule has 0 aliphatic carbocycles. The summed E-state index contributed by atoms with van der Waals surface area (Å²) in [5.41, 5.74) is 0.817. The van der Waals surface area contributed by atoms with E-state index in [2.05, 4.69) is 21.5 Å². The molecule has 1 fully saturated rings. The van der Waals surface area contributed by atoms with Crippen LogP contribution >= 0.6 is 22.9 Å². The second kappa shape index (κ2) is 6.19. The number of nitrogens with zero attached hydrogens (tertiary/aromatic N) is 4. The van der Waals surface area contributed by atoms with Crippen LogP contribution in [0.5, 0.6) is 0 Å². The van der Waals surface area contributed by atoms with Crippen molar-refractivity contribution in [2.75, 3.05) is 13.1 Å². The first kappa shape index (κ1) is 14.6. The molecule has 0 radical (unpaired) electrons. The van der Waals surface area contributed by atoms with E-state index in [1.807, 2.05) is 18.0 Å². The SMILES string of the molecule is CCc1nnsc1C(=O)N1CCCC(c2ncc(C)s2)C1. The number of carbonyl (C=O) groups is 1. The van der Waals surface area contributed by atoms with Gasteiger partial charge in [0.1, 0.15) is 4.88 Å². The first-order valence-corrected chi connectivity index (χ1v) is 8.80. The molecule has 3 heterocycles. The second-order valence-corrected chi connectivity index (χ2v) is 7.32. The topological polar surface area (TPSA) is 59.0 Å². The Labute approximate surface area is 132 Å². The van der Waals surface area contributed by atoms with Gasteiger partial charge in [0.2, 0.25) is 0 Å². The third-order valence-corrected chi connectivity index (χ3v) is 5.61. The van der Waals surface area contributed by atoms with E-state index in [4.69, 9.17) is 0 Å². The Balaban J connectivity index is 1.75. The number of likely N-dealkylation sites (tertiary alicyclic amines) is 1. The summed E-state index contributed by atoms with van der Waals surface area (Å²) in [7, 11) is 0. The minimum absolute atomic E-state index is 0.0832. The summed E-state index contributed by atoms with van der Waals surface area (Å²) in [6, 6.07) is 0. The molecule has 1 unspecified atom stereocenters. The van der Waals surface area contributed by atoms with Crippen molar-refractivity contribution in [2.45, 2.75) is 39.0 Å². The zero-order valence-corrected chi connectivity index (χ0v) is 13.8. The molecule has 2 aromatic rings. The van der Waals surface area contributed by atoms with Crippen molar-refractivity contribution in [1.82, 2.24) is 19.5 Å². The van der Waals surface area contributed by atoms with Gasteiger partial charge in [-0.25, -0.2) is 4.98 Å². The number of piperidine rings is 1. The van der Waals surface area contributed by atoms with E-state index in [0.717, 1.165) is 43.1 Å². The maximum atomic E-state index is 12.7. The summed E-state index contributed by atoms with van der Waals surface area (Å²) in [5.74, 6) is 0.451. The Morgan fingerprint density at radius 1 is 1.52 bits per heavy atom. The number of carbonyl (C=O) groups excluding carboxylic acids is 1. The molecule has 1 aliphatic rings. The van der Waals surface area contributed by atoms with Crippen LogP contribution in [-0.2, 0) is 6.42 Å². The zero-order chi connectivity index (χ0) is 14.8. The summed E-state index contributed by atoms with van der Waals surface area (Å²) in [5, 5.41) is 5.20. The molecule has 1 atom stereocenters. The standard InChI is InChI=1S/C14H18N4OS2/c1-3-11-12(21-17-16-11)14(19)18-6-4-5-10(8-18)13-15-7-9(2)20-13/h7,10H,3-6,8H2,1-2H3. The number of thiazole rings is 1. The smallest absolute Gasteiger partial charge is 0.267 e. The van der Waals surface area contributed by atoms with Gasteiger partial charge in [-0.2, -0.15) is 0 Å². The van der Waals surface area contributed by atoms with E-state index in [1.165, 1.54) is 16.4 Å². The van der Waals surface area contributed by atoms with Gasteiger partial charge in [-0.1, -0.05) is 11.4 Å². The Morgan fingerprint density at radius 3 is 3.10 bits per heavy atom. The average molecular weight is 322 g/mol. The van der Waals surface area contributed by atoms with E-state index in [-0.39, 0.29) is 5.91 Å². The summed E-state index contributed by atoms with van der Waals surface area (Å²) in [6.07, 6.45) is 4.81. The highest BCUT2D eigenvalue weighted by Crippen LogP contribution is 2.30. The van der Waals surface area contributed by atoms with Crippen LogP contribution in [0.2, 0.25) is 0 Å². The lowest BCUT2D eigenvalue weighted by atomic mass is 9.98. The molecule has 0 bridgehead atoms.